The molecule has 5 nitrogen and oxygen atoms in total. The molecule has 1 aromatic heterocycles. The maximum Gasteiger partial charge on any atom is 0.191 e. The number of nitrogens with one attached hydrogen (secondary N) is 2. The minimum atomic E-state index is 0.564. The highest BCUT2D eigenvalue weighted by Crippen LogP contribution is 2.18. The number of aromatic nitrogens is 1. The highest BCUT2D eigenvalue weighted by atomic mass is 15.2. The fourth-order valence-corrected chi connectivity index (χ4v) is 3.38. The van der Waals surface area contributed by atoms with Gasteiger partial charge in [-0.2, -0.15) is 0 Å². The Hall–Kier alpha value is -1.62. The Kier molecular flexibility index (Phi) is 8.73. The number of hydrogen-bond acceptors (Lipinski definition) is 3. The number of nitrogens with zero attached hydrogens (tertiary/aromatic N) is 3. The van der Waals surface area contributed by atoms with Crippen molar-refractivity contribution in [3.8, 4) is 0 Å². The molecule has 1 fully saturated rings. The van der Waals surface area contributed by atoms with Gasteiger partial charge in [0.15, 0.2) is 5.96 Å². The molecule has 0 amide bonds. The third-order valence-electron chi connectivity index (χ3n) is 4.60. The number of rotatable bonds is 9. The van der Waals surface area contributed by atoms with Crippen LogP contribution < -0.4 is 10.6 Å². The summed E-state index contributed by atoms with van der Waals surface area (Å²) >= 11 is 0. The van der Waals surface area contributed by atoms with Crippen molar-refractivity contribution in [1.82, 2.24) is 20.5 Å². The third kappa shape index (κ3) is 7.43. The maximum atomic E-state index is 4.87. The van der Waals surface area contributed by atoms with Crippen molar-refractivity contribution in [3.63, 3.8) is 0 Å². The summed E-state index contributed by atoms with van der Waals surface area (Å²) in [5.41, 5.74) is 1.11. The molecule has 5 heteroatoms. The zero-order chi connectivity index (χ0) is 17.9. The lowest BCUT2D eigenvalue weighted by molar-refractivity contribution is 0.218. The van der Waals surface area contributed by atoms with Gasteiger partial charge in [0.05, 0.1) is 6.54 Å². The molecule has 2 heterocycles. The molecule has 0 bridgehead atoms. The molecule has 1 saturated heterocycles. The van der Waals surface area contributed by atoms with Crippen LogP contribution in [0.2, 0.25) is 0 Å². The minimum Gasteiger partial charge on any atom is -0.357 e. The van der Waals surface area contributed by atoms with Crippen molar-refractivity contribution in [2.45, 2.75) is 52.5 Å². The SMILES string of the molecule is CCNC(=NCC(CC(C)C)N1CCCC1)NCCc1ccccn1. The van der Waals surface area contributed by atoms with Gasteiger partial charge in [0.2, 0.25) is 0 Å². The van der Waals surface area contributed by atoms with E-state index in [0.29, 0.717) is 12.0 Å². The van der Waals surface area contributed by atoms with Crippen LogP contribution in [-0.2, 0) is 6.42 Å². The summed E-state index contributed by atoms with van der Waals surface area (Å²) in [5, 5.41) is 6.82. The van der Waals surface area contributed by atoms with Gasteiger partial charge < -0.3 is 10.6 Å². The highest BCUT2D eigenvalue weighted by Gasteiger charge is 2.22. The van der Waals surface area contributed by atoms with Crippen LogP contribution in [0.15, 0.2) is 29.4 Å². The number of hydrogen-bond donors (Lipinski definition) is 2. The second kappa shape index (κ2) is 11.1. The van der Waals surface area contributed by atoms with Gasteiger partial charge in [-0.3, -0.25) is 14.9 Å². The average Bonchev–Trinajstić information content (AvgIpc) is 3.13. The average molecular weight is 346 g/mol. The first-order chi connectivity index (χ1) is 12.2. The summed E-state index contributed by atoms with van der Waals surface area (Å²) in [5.74, 6) is 1.63. The summed E-state index contributed by atoms with van der Waals surface area (Å²) in [7, 11) is 0. The van der Waals surface area contributed by atoms with E-state index in [1.165, 1.54) is 32.4 Å². The molecular weight excluding hydrogens is 310 g/mol. The van der Waals surface area contributed by atoms with Gasteiger partial charge >= 0.3 is 0 Å². The van der Waals surface area contributed by atoms with Gasteiger partial charge in [-0.05, 0) is 57.3 Å². The summed E-state index contributed by atoms with van der Waals surface area (Å²) in [4.78, 5) is 11.9. The van der Waals surface area contributed by atoms with E-state index in [4.69, 9.17) is 4.99 Å². The topological polar surface area (TPSA) is 52.6 Å². The second-order valence-corrected chi connectivity index (χ2v) is 7.24. The Morgan fingerprint density at radius 3 is 2.68 bits per heavy atom. The fraction of sp³-hybridized carbons (Fsp3) is 0.700. The van der Waals surface area contributed by atoms with Crippen molar-refractivity contribution >= 4 is 5.96 Å². The van der Waals surface area contributed by atoms with Crippen LogP contribution >= 0.6 is 0 Å². The molecule has 1 aromatic rings. The Morgan fingerprint density at radius 2 is 2.04 bits per heavy atom. The number of likely N-dealkylation sites (tertiary alicyclic amines) is 1. The van der Waals surface area contributed by atoms with E-state index in [0.717, 1.165) is 37.7 Å². The summed E-state index contributed by atoms with van der Waals surface area (Å²) in [6.07, 6.45) is 6.65. The fourth-order valence-electron chi connectivity index (χ4n) is 3.38. The predicted octanol–water partition coefficient (Wildman–Crippen LogP) is 2.69. The lowest BCUT2D eigenvalue weighted by atomic mass is 10.0. The molecule has 0 radical (unpaired) electrons. The first kappa shape index (κ1) is 19.7. The van der Waals surface area contributed by atoms with Crippen molar-refractivity contribution in [1.29, 1.82) is 0 Å². The molecule has 0 aromatic carbocycles. The number of pyridine rings is 1. The highest BCUT2D eigenvalue weighted by molar-refractivity contribution is 5.79. The smallest absolute Gasteiger partial charge is 0.191 e. The molecular formula is C20H35N5. The number of aliphatic imine (C=N–C) groups is 1. The lowest BCUT2D eigenvalue weighted by Crippen LogP contribution is -2.41. The van der Waals surface area contributed by atoms with Crippen LogP contribution in [0.4, 0.5) is 0 Å². The molecule has 2 rings (SSSR count). The van der Waals surface area contributed by atoms with E-state index in [2.05, 4.69) is 47.4 Å². The molecule has 2 N–H and O–H groups in total. The van der Waals surface area contributed by atoms with Gasteiger partial charge in [-0.1, -0.05) is 19.9 Å². The van der Waals surface area contributed by atoms with Crippen LogP contribution in [0.1, 0.15) is 45.7 Å². The Balaban J connectivity index is 1.87. The van der Waals surface area contributed by atoms with Crippen molar-refractivity contribution < 1.29 is 0 Å². The van der Waals surface area contributed by atoms with Crippen LogP contribution in [0, 0.1) is 5.92 Å². The lowest BCUT2D eigenvalue weighted by Gasteiger charge is -2.28. The second-order valence-electron chi connectivity index (χ2n) is 7.24. The summed E-state index contributed by atoms with van der Waals surface area (Å²) in [6.45, 7) is 11.8. The summed E-state index contributed by atoms with van der Waals surface area (Å²) < 4.78 is 0. The van der Waals surface area contributed by atoms with Crippen LogP contribution in [-0.4, -0.2) is 54.6 Å². The third-order valence-corrected chi connectivity index (χ3v) is 4.60. The molecule has 1 unspecified atom stereocenters. The van der Waals surface area contributed by atoms with E-state index in [1.54, 1.807) is 0 Å². The van der Waals surface area contributed by atoms with Gasteiger partial charge in [0, 0.05) is 37.4 Å². The first-order valence-electron chi connectivity index (χ1n) is 9.85. The van der Waals surface area contributed by atoms with Crippen molar-refractivity contribution in [2.24, 2.45) is 10.9 Å². The van der Waals surface area contributed by atoms with E-state index in [-0.39, 0.29) is 0 Å². The maximum absolute atomic E-state index is 4.87. The predicted molar refractivity (Wildman–Crippen MR) is 106 cm³/mol. The monoisotopic (exact) mass is 345 g/mol. The largest absolute Gasteiger partial charge is 0.357 e. The van der Waals surface area contributed by atoms with Crippen LogP contribution in [0.5, 0.6) is 0 Å². The van der Waals surface area contributed by atoms with E-state index in [1.807, 2.05) is 18.3 Å². The molecule has 25 heavy (non-hydrogen) atoms. The van der Waals surface area contributed by atoms with Crippen molar-refractivity contribution in [2.75, 3.05) is 32.7 Å². The molecule has 0 aliphatic carbocycles. The number of guanidine groups is 1. The first-order valence-corrected chi connectivity index (χ1v) is 9.85. The molecule has 1 aliphatic rings. The molecule has 140 valence electrons. The Labute approximate surface area is 153 Å². The van der Waals surface area contributed by atoms with Crippen LogP contribution in [0.3, 0.4) is 0 Å². The molecule has 0 saturated carbocycles. The van der Waals surface area contributed by atoms with E-state index < -0.39 is 0 Å². The van der Waals surface area contributed by atoms with Gasteiger partial charge in [-0.15, -0.1) is 0 Å². The van der Waals surface area contributed by atoms with E-state index in [9.17, 15) is 0 Å². The molecule has 1 atom stereocenters. The molecule has 1 aliphatic heterocycles. The normalized spacial score (nSPS) is 17.0. The van der Waals surface area contributed by atoms with Gasteiger partial charge in [-0.25, -0.2) is 0 Å². The minimum absolute atomic E-state index is 0.564. The van der Waals surface area contributed by atoms with Gasteiger partial charge in [0.25, 0.3) is 0 Å². The Morgan fingerprint density at radius 1 is 1.24 bits per heavy atom. The molecule has 0 spiro atoms. The quantitative estimate of drug-likeness (QED) is 0.534. The zero-order valence-electron chi connectivity index (χ0n) is 16.2. The summed E-state index contributed by atoms with van der Waals surface area (Å²) in [6, 6.07) is 6.62. The zero-order valence-corrected chi connectivity index (χ0v) is 16.2. The van der Waals surface area contributed by atoms with E-state index >= 15 is 0 Å². The van der Waals surface area contributed by atoms with Crippen LogP contribution in [0.25, 0.3) is 0 Å². The Bertz CT molecular complexity index is 494. The standard InChI is InChI=1S/C20H35N5/c1-4-21-20(23-12-10-18-9-5-6-11-22-18)24-16-19(15-17(2)3)25-13-7-8-14-25/h5-6,9,11,17,19H,4,7-8,10,12-16H2,1-3H3,(H2,21,23,24). The van der Waals surface area contributed by atoms with Gasteiger partial charge in [0.1, 0.15) is 0 Å². The van der Waals surface area contributed by atoms with Crippen molar-refractivity contribution in [3.05, 3.63) is 30.1 Å².